The smallest absolute Gasteiger partial charge is 0.187 e. The van der Waals surface area contributed by atoms with Crippen molar-refractivity contribution in [3.05, 3.63) is 18.0 Å². The van der Waals surface area contributed by atoms with Crippen molar-refractivity contribution in [2.75, 3.05) is 13.2 Å². The molecule has 0 fully saturated rings. The highest BCUT2D eigenvalue weighted by atomic mass is 32.2. The minimum Gasteiger partial charge on any atom is -0.395 e. The minimum atomic E-state index is 0.143. The van der Waals surface area contributed by atoms with Crippen LogP contribution in [0.15, 0.2) is 17.6 Å². The molecule has 1 rings (SSSR count). The first-order valence-corrected chi connectivity index (χ1v) is 5.93. The van der Waals surface area contributed by atoms with Crippen molar-refractivity contribution in [2.45, 2.75) is 30.8 Å². The highest BCUT2D eigenvalue weighted by Crippen LogP contribution is 2.17. The van der Waals surface area contributed by atoms with Crippen LogP contribution in [0, 0.1) is 0 Å². The van der Waals surface area contributed by atoms with Gasteiger partial charge in [-0.25, -0.2) is 9.97 Å². The first-order chi connectivity index (χ1) is 7.26. The van der Waals surface area contributed by atoms with Crippen LogP contribution in [-0.2, 0) is 6.54 Å². The second kappa shape index (κ2) is 6.76. The van der Waals surface area contributed by atoms with E-state index in [2.05, 4.69) is 22.2 Å². The molecule has 0 saturated heterocycles. The molecule has 1 atom stereocenters. The van der Waals surface area contributed by atoms with E-state index in [0.717, 1.165) is 23.8 Å². The Kier molecular flexibility index (Phi) is 5.60. The summed E-state index contributed by atoms with van der Waals surface area (Å²) in [4.78, 5) is 8.44. The summed E-state index contributed by atoms with van der Waals surface area (Å²) >= 11 is 1.48. The van der Waals surface area contributed by atoms with Crippen LogP contribution >= 0.6 is 11.8 Å². The fourth-order valence-electron chi connectivity index (χ4n) is 0.982. The Bertz CT molecular complexity index is 279. The average Bonchev–Trinajstić information content (AvgIpc) is 2.28. The van der Waals surface area contributed by atoms with E-state index in [1.165, 1.54) is 11.8 Å². The molecular formula is C10H17N3OS. The molecule has 15 heavy (non-hydrogen) atoms. The lowest BCUT2D eigenvalue weighted by atomic mass is 10.3. The summed E-state index contributed by atoms with van der Waals surface area (Å²) in [6, 6.07) is 0. The fraction of sp³-hybridized carbons (Fsp3) is 0.600. The molecule has 0 amide bonds. The molecule has 2 N–H and O–H groups in total. The van der Waals surface area contributed by atoms with E-state index in [0.29, 0.717) is 0 Å². The molecule has 1 unspecified atom stereocenters. The summed E-state index contributed by atoms with van der Waals surface area (Å²) in [6.45, 7) is 5.90. The highest BCUT2D eigenvalue weighted by Gasteiger charge is 2.04. The Morgan fingerprint density at radius 2 is 2.13 bits per heavy atom. The normalized spacial score (nSPS) is 12.7. The van der Waals surface area contributed by atoms with Crippen LogP contribution in [0.2, 0.25) is 0 Å². The Balaban J connectivity index is 2.48. The van der Waals surface area contributed by atoms with Crippen LogP contribution in [0.5, 0.6) is 0 Å². The predicted octanol–water partition coefficient (Wildman–Crippen LogP) is 1.06. The van der Waals surface area contributed by atoms with Gasteiger partial charge in [-0.2, -0.15) is 0 Å². The minimum absolute atomic E-state index is 0.143. The number of nitrogens with one attached hydrogen (secondary N) is 1. The van der Waals surface area contributed by atoms with Gasteiger partial charge < -0.3 is 10.4 Å². The van der Waals surface area contributed by atoms with Crippen LogP contribution < -0.4 is 5.32 Å². The van der Waals surface area contributed by atoms with Gasteiger partial charge in [0.25, 0.3) is 0 Å². The summed E-state index contributed by atoms with van der Waals surface area (Å²) < 4.78 is 0. The highest BCUT2D eigenvalue weighted by molar-refractivity contribution is 7.99. The third-order valence-electron chi connectivity index (χ3n) is 1.82. The van der Waals surface area contributed by atoms with E-state index in [-0.39, 0.29) is 11.9 Å². The van der Waals surface area contributed by atoms with Crippen molar-refractivity contribution in [1.29, 1.82) is 0 Å². The van der Waals surface area contributed by atoms with Gasteiger partial charge in [0.2, 0.25) is 0 Å². The molecule has 0 aliphatic rings. The Labute approximate surface area is 94.5 Å². The van der Waals surface area contributed by atoms with Crippen LogP contribution in [0.4, 0.5) is 0 Å². The molecule has 0 aliphatic carbocycles. The molecule has 0 radical (unpaired) electrons. The van der Waals surface area contributed by atoms with Gasteiger partial charge in [-0.1, -0.05) is 25.6 Å². The molecule has 0 saturated carbocycles. The monoisotopic (exact) mass is 227 g/mol. The van der Waals surface area contributed by atoms with Crippen molar-refractivity contribution >= 4 is 11.8 Å². The van der Waals surface area contributed by atoms with Crippen LogP contribution in [0.25, 0.3) is 0 Å². The maximum atomic E-state index is 8.88. The first-order valence-electron chi connectivity index (χ1n) is 5.05. The number of hydrogen-bond donors (Lipinski definition) is 2. The van der Waals surface area contributed by atoms with E-state index in [4.69, 9.17) is 5.11 Å². The van der Waals surface area contributed by atoms with Gasteiger partial charge in [0.05, 0.1) is 6.61 Å². The lowest BCUT2D eigenvalue weighted by Gasteiger charge is -2.06. The number of aromatic nitrogens is 2. The van der Waals surface area contributed by atoms with E-state index >= 15 is 0 Å². The summed E-state index contributed by atoms with van der Waals surface area (Å²) in [5, 5.41) is 13.0. The van der Waals surface area contributed by atoms with Crippen LogP contribution in [0.3, 0.4) is 0 Å². The maximum Gasteiger partial charge on any atom is 0.187 e. The third kappa shape index (κ3) is 4.59. The summed E-state index contributed by atoms with van der Waals surface area (Å²) in [7, 11) is 0. The zero-order chi connectivity index (χ0) is 11.1. The number of rotatable bonds is 6. The second-order valence-corrected chi connectivity index (χ2v) is 4.67. The van der Waals surface area contributed by atoms with Gasteiger partial charge in [0.1, 0.15) is 0 Å². The molecule has 0 aliphatic heterocycles. The van der Waals surface area contributed by atoms with E-state index in [1.54, 1.807) is 0 Å². The molecule has 0 aromatic carbocycles. The summed E-state index contributed by atoms with van der Waals surface area (Å²) in [6.07, 6.45) is 3.64. The van der Waals surface area contributed by atoms with Gasteiger partial charge >= 0.3 is 0 Å². The zero-order valence-corrected chi connectivity index (χ0v) is 9.92. The quantitative estimate of drug-likeness (QED) is 0.562. The third-order valence-corrected chi connectivity index (χ3v) is 2.80. The van der Waals surface area contributed by atoms with Crippen molar-refractivity contribution in [2.24, 2.45) is 0 Å². The van der Waals surface area contributed by atoms with Gasteiger partial charge in [-0.3, -0.25) is 0 Å². The molecule has 1 aromatic heterocycles. The molecule has 84 valence electrons. The Hall–Kier alpha value is -0.650. The van der Waals surface area contributed by atoms with Crippen molar-refractivity contribution in [3.63, 3.8) is 0 Å². The van der Waals surface area contributed by atoms with Gasteiger partial charge in [-0.05, 0) is 6.54 Å². The molecule has 1 aromatic rings. The van der Waals surface area contributed by atoms with E-state index < -0.39 is 0 Å². The number of nitrogens with zero attached hydrogens (tertiary/aromatic N) is 2. The standard InChI is InChI=1S/C10H17N3OS/c1-3-11-4-9-5-12-10(13-6-9)15-8(2)7-14/h5-6,8,11,14H,3-4,7H2,1-2H3. The Morgan fingerprint density at radius 3 is 2.67 bits per heavy atom. The molecule has 0 spiro atoms. The van der Waals surface area contributed by atoms with Crippen LogP contribution in [-0.4, -0.2) is 33.5 Å². The fourth-order valence-corrected chi connectivity index (χ4v) is 1.64. The maximum absolute atomic E-state index is 8.88. The van der Waals surface area contributed by atoms with Gasteiger partial charge in [0.15, 0.2) is 5.16 Å². The van der Waals surface area contributed by atoms with Gasteiger partial charge in [-0.15, -0.1) is 0 Å². The van der Waals surface area contributed by atoms with Crippen molar-refractivity contribution in [3.8, 4) is 0 Å². The number of aliphatic hydroxyl groups excluding tert-OH is 1. The predicted molar refractivity (Wildman–Crippen MR) is 61.8 cm³/mol. The molecule has 5 heteroatoms. The molecule has 4 nitrogen and oxygen atoms in total. The first kappa shape index (κ1) is 12.4. The summed E-state index contributed by atoms with van der Waals surface area (Å²) in [5.41, 5.74) is 1.08. The SMILES string of the molecule is CCNCc1cnc(SC(C)CO)nc1. The van der Waals surface area contributed by atoms with Crippen molar-refractivity contribution in [1.82, 2.24) is 15.3 Å². The average molecular weight is 227 g/mol. The Morgan fingerprint density at radius 1 is 1.47 bits per heavy atom. The van der Waals surface area contributed by atoms with Crippen molar-refractivity contribution < 1.29 is 5.11 Å². The second-order valence-electron chi connectivity index (χ2n) is 3.27. The molecule has 0 bridgehead atoms. The van der Waals surface area contributed by atoms with E-state index in [9.17, 15) is 0 Å². The lowest BCUT2D eigenvalue weighted by Crippen LogP contribution is -2.12. The molecular weight excluding hydrogens is 210 g/mol. The number of hydrogen-bond acceptors (Lipinski definition) is 5. The number of aliphatic hydroxyl groups is 1. The zero-order valence-electron chi connectivity index (χ0n) is 9.10. The van der Waals surface area contributed by atoms with Gasteiger partial charge in [0, 0.05) is 29.8 Å². The number of thioether (sulfide) groups is 1. The topological polar surface area (TPSA) is 58.0 Å². The largest absolute Gasteiger partial charge is 0.395 e. The molecule has 1 heterocycles. The lowest BCUT2D eigenvalue weighted by molar-refractivity contribution is 0.300. The van der Waals surface area contributed by atoms with E-state index in [1.807, 2.05) is 19.3 Å². The van der Waals surface area contributed by atoms with Crippen LogP contribution in [0.1, 0.15) is 19.4 Å². The summed E-state index contributed by atoms with van der Waals surface area (Å²) in [5.74, 6) is 0.